The standard InChI is InChI=1S/C22H25N5/c1-2-7-18(8-3-1)12-16-27-15-6-9-19(17-27)20-11-14-24-22(25-20)26-21-10-4-5-13-23-21/h1-5,7-8,10-11,13-14,19H,6,9,12,15-17H2,(H,23,24,25,26)/t19-/m1/s1. The average molecular weight is 359 g/mol. The van der Waals surface area contributed by atoms with Gasteiger partial charge in [-0.15, -0.1) is 0 Å². The van der Waals surface area contributed by atoms with Gasteiger partial charge in [-0.3, -0.25) is 0 Å². The van der Waals surface area contributed by atoms with Gasteiger partial charge in [0.25, 0.3) is 0 Å². The van der Waals surface area contributed by atoms with E-state index in [4.69, 9.17) is 4.98 Å². The summed E-state index contributed by atoms with van der Waals surface area (Å²) in [7, 11) is 0. The van der Waals surface area contributed by atoms with Gasteiger partial charge in [-0.2, -0.15) is 0 Å². The molecule has 0 amide bonds. The molecule has 0 radical (unpaired) electrons. The highest BCUT2D eigenvalue weighted by Gasteiger charge is 2.22. The first-order valence-corrected chi connectivity index (χ1v) is 9.64. The molecule has 1 aromatic carbocycles. The smallest absolute Gasteiger partial charge is 0.228 e. The van der Waals surface area contributed by atoms with E-state index in [0.717, 1.165) is 31.0 Å². The van der Waals surface area contributed by atoms with Gasteiger partial charge in [0, 0.05) is 31.4 Å². The molecule has 0 bridgehead atoms. The van der Waals surface area contributed by atoms with Crippen molar-refractivity contribution in [3.63, 3.8) is 0 Å². The molecule has 5 heteroatoms. The van der Waals surface area contributed by atoms with Gasteiger partial charge in [-0.25, -0.2) is 15.0 Å². The number of nitrogens with one attached hydrogen (secondary N) is 1. The first kappa shape index (κ1) is 17.6. The second-order valence-electron chi connectivity index (χ2n) is 7.02. The minimum atomic E-state index is 0.460. The summed E-state index contributed by atoms with van der Waals surface area (Å²) >= 11 is 0. The first-order chi connectivity index (χ1) is 13.4. The molecule has 0 spiro atoms. The van der Waals surface area contributed by atoms with Crippen LogP contribution in [0.3, 0.4) is 0 Å². The summed E-state index contributed by atoms with van der Waals surface area (Å²) in [5, 5.41) is 3.19. The highest BCUT2D eigenvalue weighted by Crippen LogP contribution is 2.26. The lowest BCUT2D eigenvalue weighted by molar-refractivity contribution is 0.208. The van der Waals surface area contributed by atoms with Crippen LogP contribution in [0.25, 0.3) is 0 Å². The Morgan fingerprint density at radius 3 is 2.70 bits per heavy atom. The molecule has 1 aliphatic heterocycles. The zero-order valence-electron chi connectivity index (χ0n) is 15.5. The zero-order valence-corrected chi connectivity index (χ0v) is 15.5. The monoisotopic (exact) mass is 359 g/mol. The Kier molecular flexibility index (Phi) is 5.70. The summed E-state index contributed by atoms with van der Waals surface area (Å²) in [4.78, 5) is 16.0. The fourth-order valence-electron chi connectivity index (χ4n) is 3.64. The van der Waals surface area contributed by atoms with E-state index in [-0.39, 0.29) is 0 Å². The van der Waals surface area contributed by atoms with Gasteiger partial charge in [-0.1, -0.05) is 36.4 Å². The third kappa shape index (κ3) is 4.89. The molecule has 1 N–H and O–H groups in total. The highest BCUT2D eigenvalue weighted by atomic mass is 15.2. The second-order valence-corrected chi connectivity index (χ2v) is 7.02. The van der Waals surface area contributed by atoms with Crippen LogP contribution in [-0.2, 0) is 6.42 Å². The van der Waals surface area contributed by atoms with Crippen LogP contribution in [0.4, 0.5) is 11.8 Å². The number of hydrogen-bond acceptors (Lipinski definition) is 5. The minimum absolute atomic E-state index is 0.460. The van der Waals surface area contributed by atoms with Crippen molar-refractivity contribution in [3.05, 3.63) is 78.2 Å². The van der Waals surface area contributed by atoms with Crippen molar-refractivity contribution in [2.75, 3.05) is 25.0 Å². The third-order valence-corrected chi connectivity index (χ3v) is 5.07. The lowest BCUT2D eigenvalue weighted by Crippen LogP contribution is -2.36. The van der Waals surface area contributed by atoms with Crippen LogP contribution in [0.2, 0.25) is 0 Å². The third-order valence-electron chi connectivity index (χ3n) is 5.07. The molecule has 0 unspecified atom stereocenters. The molecule has 1 saturated heterocycles. The van der Waals surface area contributed by atoms with Gasteiger partial charge in [0.15, 0.2) is 0 Å². The maximum atomic E-state index is 4.76. The largest absolute Gasteiger partial charge is 0.309 e. The molecule has 0 saturated carbocycles. The van der Waals surface area contributed by atoms with E-state index in [2.05, 4.69) is 56.6 Å². The summed E-state index contributed by atoms with van der Waals surface area (Å²) in [6, 6.07) is 18.5. The molecule has 1 fully saturated rings. The number of piperidine rings is 1. The lowest BCUT2D eigenvalue weighted by atomic mass is 9.94. The quantitative estimate of drug-likeness (QED) is 0.720. The Morgan fingerprint density at radius 1 is 0.963 bits per heavy atom. The van der Waals surface area contributed by atoms with E-state index in [1.54, 1.807) is 6.20 Å². The number of rotatable bonds is 6. The van der Waals surface area contributed by atoms with Crippen molar-refractivity contribution in [3.8, 4) is 0 Å². The van der Waals surface area contributed by atoms with Crippen molar-refractivity contribution < 1.29 is 0 Å². The van der Waals surface area contributed by atoms with Crippen molar-refractivity contribution in [2.24, 2.45) is 0 Å². The van der Waals surface area contributed by atoms with Crippen molar-refractivity contribution in [2.45, 2.75) is 25.2 Å². The van der Waals surface area contributed by atoms with Gasteiger partial charge in [0.1, 0.15) is 5.82 Å². The predicted octanol–water partition coefficient (Wildman–Crippen LogP) is 4.04. The number of aromatic nitrogens is 3. The summed E-state index contributed by atoms with van der Waals surface area (Å²) in [6.45, 7) is 3.34. The van der Waals surface area contributed by atoms with Gasteiger partial charge in [0.2, 0.25) is 5.95 Å². The fourth-order valence-corrected chi connectivity index (χ4v) is 3.64. The zero-order chi connectivity index (χ0) is 18.3. The van der Waals surface area contributed by atoms with Crippen LogP contribution in [0.5, 0.6) is 0 Å². The van der Waals surface area contributed by atoms with Crippen molar-refractivity contribution in [1.29, 1.82) is 0 Å². The van der Waals surface area contributed by atoms with E-state index in [1.165, 1.54) is 24.9 Å². The molecule has 5 nitrogen and oxygen atoms in total. The molecule has 27 heavy (non-hydrogen) atoms. The maximum absolute atomic E-state index is 4.76. The first-order valence-electron chi connectivity index (χ1n) is 9.64. The topological polar surface area (TPSA) is 53.9 Å². The minimum Gasteiger partial charge on any atom is -0.309 e. The van der Waals surface area contributed by atoms with Crippen LogP contribution < -0.4 is 5.32 Å². The Bertz CT molecular complexity index is 838. The van der Waals surface area contributed by atoms with E-state index in [9.17, 15) is 0 Å². The van der Waals surface area contributed by atoms with Crippen LogP contribution in [0.1, 0.15) is 30.0 Å². The lowest BCUT2D eigenvalue weighted by Gasteiger charge is -2.32. The van der Waals surface area contributed by atoms with Gasteiger partial charge < -0.3 is 10.2 Å². The predicted molar refractivity (Wildman–Crippen MR) is 108 cm³/mol. The Labute approximate surface area is 160 Å². The van der Waals surface area contributed by atoms with E-state index in [0.29, 0.717) is 11.9 Å². The summed E-state index contributed by atoms with van der Waals surface area (Å²) < 4.78 is 0. The highest BCUT2D eigenvalue weighted by molar-refractivity contribution is 5.46. The summed E-state index contributed by atoms with van der Waals surface area (Å²) in [5.41, 5.74) is 2.52. The van der Waals surface area contributed by atoms with Crippen molar-refractivity contribution in [1.82, 2.24) is 19.9 Å². The number of benzene rings is 1. The number of nitrogens with zero attached hydrogens (tertiary/aromatic N) is 4. The molecule has 3 aromatic rings. The number of hydrogen-bond donors (Lipinski definition) is 1. The SMILES string of the molecule is c1ccc(CCN2CCC[C@@H](c3ccnc(Nc4ccccn4)n3)C2)cc1. The van der Waals surface area contributed by atoms with E-state index < -0.39 is 0 Å². The Morgan fingerprint density at radius 2 is 1.85 bits per heavy atom. The van der Waals surface area contributed by atoms with E-state index in [1.807, 2.05) is 24.4 Å². The Balaban J connectivity index is 1.38. The normalized spacial score (nSPS) is 17.6. The van der Waals surface area contributed by atoms with Gasteiger partial charge in [0.05, 0.1) is 5.69 Å². The fraction of sp³-hybridized carbons (Fsp3) is 0.318. The molecule has 1 atom stereocenters. The number of pyridine rings is 1. The second kappa shape index (κ2) is 8.73. The molecule has 4 rings (SSSR count). The van der Waals surface area contributed by atoms with Gasteiger partial charge in [-0.05, 0) is 49.6 Å². The molecule has 2 aromatic heterocycles. The number of anilines is 2. The average Bonchev–Trinajstić information content (AvgIpc) is 2.74. The van der Waals surface area contributed by atoms with E-state index >= 15 is 0 Å². The van der Waals surface area contributed by atoms with Crippen molar-refractivity contribution >= 4 is 11.8 Å². The molecule has 1 aliphatic rings. The van der Waals surface area contributed by atoms with Crippen LogP contribution >= 0.6 is 0 Å². The molecule has 3 heterocycles. The Hall–Kier alpha value is -2.79. The maximum Gasteiger partial charge on any atom is 0.228 e. The summed E-state index contributed by atoms with van der Waals surface area (Å²) in [6.07, 6.45) is 7.10. The molecule has 0 aliphatic carbocycles. The number of likely N-dealkylation sites (tertiary alicyclic amines) is 1. The molecular formula is C22H25N5. The summed E-state index contributed by atoms with van der Waals surface area (Å²) in [5.74, 6) is 1.84. The molecule has 138 valence electrons. The van der Waals surface area contributed by atoms with Crippen LogP contribution in [0, 0.1) is 0 Å². The van der Waals surface area contributed by atoms with Crippen LogP contribution in [0.15, 0.2) is 67.0 Å². The van der Waals surface area contributed by atoms with Crippen LogP contribution in [-0.4, -0.2) is 39.5 Å². The molecular weight excluding hydrogens is 334 g/mol. The van der Waals surface area contributed by atoms with Gasteiger partial charge >= 0.3 is 0 Å².